The molecule has 0 fully saturated rings. The molecule has 14 heterocycles. The van der Waals surface area contributed by atoms with Crippen LogP contribution in [-0.2, 0) is 0 Å². The first kappa shape index (κ1) is 142. The van der Waals surface area contributed by atoms with Gasteiger partial charge in [0.1, 0.15) is 48.4 Å². The van der Waals surface area contributed by atoms with Gasteiger partial charge in [-0.1, -0.05) is 242 Å². The van der Waals surface area contributed by atoms with Crippen molar-refractivity contribution in [2.75, 3.05) is 0 Å². The molecule has 0 bridgehead atoms. The molecule has 0 radical (unpaired) electrons. The summed E-state index contributed by atoms with van der Waals surface area (Å²) in [5, 5.41) is 8.75. The quantitative estimate of drug-likeness (QED) is 0.129. The van der Waals surface area contributed by atoms with Crippen LogP contribution in [0.15, 0.2) is 234 Å². The van der Waals surface area contributed by atoms with Crippen LogP contribution >= 0.6 is 34.0 Å². The third-order valence-corrected chi connectivity index (χ3v) is 20.1. The van der Waals surface area contributed by atoms with Gasteiger partial charge in [-0.25, -0.2) is 44.9 Å². The van der Waals surface area contributed by atoms with Crippen molar-refractivity contribution in [3.8, 4) is 0 Å². The van der Waals surface area contributed by atoms with E-state index in [9.17, 15) is 0 Å². The van der Waals surface area contributed by atoms with Gasteiger partial charge in [0, 0.05) is 70.6 Å². The second kappa shape index (κ2) is 130. The summed E-state index contributed by atoms with van der Waals surface area (Å²) in [6.07, 6.45) is 31.2. The Morgan fingerprint density at radius 2 is 0.898 bits per heavy atom. The van der Waals surface area contributed by atoms with E-state index in [0.717, 1.165) is 45.5 Å². The van der Waals surface area contributed by atoms with Crippen LogP contribution in [0.4, 0.5) is 0 Å². The maximum absolute atomic E-state index is 4.83. The molecule has 0 aromatic carbocycles. The molecular weight excluding hydrogens is 1730 g/mol. The van der Waals surface area contributed by atoms with Crippen molar-refractivity contribution in [1.82, 2.24) is 69.8 Å². The number of aryl methyl sites for hydroxylation is 13. The van der Waals surface area contributed by atoms with Gasteiger partial charge >= 0.3 is 127 Å². The molecule has 0 unspecified atom stereocenters. The smallest absolute Gasteiger partial charge is 0.190 e. The molecule has 0 spiro atoms. The van der Waals surface area contributed by atoms with Gasteiger partial charge in [-0.3, -0.25) is 15.0 Å². The molecule has 0 amide bonds. The fourth-order valence-electron chi connectivity index (χ4n) is 5.06. The van der Waals surface area contributed by atoms with Crippen LogP contribution < -0.4 is 0 Å². The Hall–Kier alpha value is -7.46. The predicted molar refractivity (Wildman–Crippen MR) is 535 cm³/mol. The molecule has 0 N–H and O–H groups in total. The third-order valence-electron chi connectivity index (χ3n) is 10.1. The van der Waals surface area contributed by atoms with Crippen LogP contribution in [0.3, 0.4) is 0 Å². The molecule has 118 heavy (non-hydrogen) atoms. The van der Waals surface area contributed by atoms with Crippen LogP contribution in [0, 0.1) is 90.0 Å². The van der Waals surface area contributed by atoms with E-state index >= 15 is 0 Å². The van der Waals surface area contributed by atoms with Crippen LogP contribution in [-0.4, -0.2) is 121 Å². The molecule has 0 saturated carbocycles. The number of hydrogen-bond acceptors (Lipinski definition) is 20. The summed E-state index contributed by atoms with van der Waals surface area (Å²) in [7, 11) is -0.963. The first-order valence-electron chi connectivity index (χ1n) is 41.7. The second-order valence-corrected chi connectivity index (χ2v) is 33.3. The Balaban J connectivity index is -0.0000000804. The van der Waals surface area contributed by atoms with Crippen molar-refractivity contribution in [3.05, 3.63) is 290 Å². The molecule has 13 aromatic rings. The van der Waals surface area contributed by atoms with Crippen molar-refractivity contribution in [3.63, 3.8) is 0 Å². The summed E-state index contributed by atoms with van der Waals surface area (Å²) in [5.74, 6) is 4.12. The first-order chi connectivity index (χ1) is 57.2. The number of nitrogens with zero attached hydrogens (tertiary/aromatic N) is 14. The molecule has 0 saturated heterocycles. The number of furan rings is 1. The number of oxazole rings is 2. The summed E-state index contributed by atoms with van der Waals surface area (Å²) in [4.78, 5) is 60.5. The maximum atomic E-state index is 4.83. The number of thiophene rings is 1. The minimum atomic E-state index is -0.963. The fraction of sp³-hybridized carbons (Fsp3) is 0.468. The molecule has 17 nitrogen and oxygen atoms in total. The number of thiazole rings is 2. The predicted octanol–water partition coefficient (Wildman–Crippen LogP) is 30.3. The average molecular weight is 1900 g/mol. The number of rotatable bonds is 0. The standard InChI is InChI=1S/C7H12Si.C6H7N.2C5H6N2.C5H6O.C5H6S.C5H6Se.C4H5N3.2C4H5NO.2C4H5NS.2C4H5NSe.14C2H6/c1-7-5-4-6-8(7,2)3;1-6-4-2-3-5-7-6;1-5-2-3-6-4-7-5;1-5-6-3-2-4-7-5;3*1-5-3-2-4-6-5;1-4-6-2-5-3-7-4;1-4-2-5-3-6-4;1-4-5-2-3-6-4;1-4-2-5-3-6-4;1-4-5-2-3-6-4;1-4-2-5-3-6-4;1-4-5-2-3-6-4;14*1-2/h4-6H,1-3H3;2-5H,1H3;2*2-4H,1H3;3*2-4H,1H3;2-3H,1H3;6*2-3H,1H3;14*1-2H3. The monoisotopic (exact) mass is 1900 g/mol. The Morgan fingerprint density at radius 1 is 0.339 bits per heavy atom. The molecule has 672 valence electrons. The van der Waals surface area contributed by atoms with Crippen LogP contribution in [0.1, 0.15) is 269 Å². The summed E-state index contributed by atoms with van der Waals surface area (Å²) in [6.45, 7) is 88.6. The molecule has 0 atom stereocenters. The van der Waals surface area contributed by atoms with E-state index in [1.54, 1.807) is 108 Å². The van der Waals surface area contributed by atoms with E-state index in [1.165, 1.54) is 48.6 Å². The minimum absolute atomic E-state index is 0.597. The number of allylic oxidation sites excluding steroid dienone is 3. The zero-order chi connectivity index (χ0) is 94.3. The van der Waals surface area contributed by atoms with Gasteiger partial charge in [-0.2, -0.15) is 0 Å². The van der Waals surface area contributed by atoms with Crippen LogP contribution in [0.25, 0.3) is 0 Å². The average Bonchev–Trinajstić information content (AvgIpc) is 1.73. The molecule has 0 aliphatic carbocycles. The van der Waals surface area contributed by atoms with Crippen LogP contribution in [0.2, 0.25) is 13.1 Å². The van der Waals surface area contributed by atoms with E-state index in [-0.39, 0.29) is 0 Å². The van der Waals surface area contributed by atoms with Gasteiger partial charge in [-0.15, -0.1) is 34.0 Å². The number of aromatic nitrogens is 14. The third kappa shape index (κ3) is 124. The zero-order valence-corrected chi connectivity index (χ0v) is 90.8. The summed E-state index contributed by atoms with van der Waals surface area (Å²) < 4.78 is 18.5. The summed E-state index contributed by atoms with van der Waals surface area (Å²) >= 11 is 7.01. The van der Waals surface area contributed by atoms with Gasteiger partial charge in [0.2, 0.25) is 0 Å². The van der Waals surface area contributed by atoms with Gasteiger partial charge in [-0.05, 0) is 117 Å². The van der Waals surface area contributed by atoms with E-state index < -0.39 is 8.07 Å². The fourth-order valence-corrected chi connectivity index (χ4v) is 10.7. The van der Waals surface area contributed by atoms with E-state index in [4.69, 9.17) is 13.3 Å². The SMILES string of the molecule is CC.CC.CC.CC.CC.CC.CC.CC.CC.CC.CC.CC.CC.CC.CC1=CC=C[Si]1(C)C.Cc1ccc[se]1.Cc1ccccn1.Cc1ccco1.Cc1cccs1.Cc1ccncn1.Cc1cnc[se]1.Cc1cnco1.Cc1cncs1.Cc1ncc[se]1.Cc1ncccn1.Cc1ncco1.Cc1nccs1.Cc1ncncn1. The van der Waals surface area contributed by atoms with Crippen molar-refractivity contribution in [2.24, 2.45) is 0 Å². The minimum Gasteiger partial charge on any atom is -0.449 e. The zero-order valence-electron chi connectivity index (χ0n) is 82.2. The van der Waals surface area contributed by atoms with Crippen LogP contribution in [0.5, 0.6) is 0 Å². The number of pyridine rings is 1. The largest absolute Gasteiger partial charge is 0.449 e. The Morgan fingerprint density at radius 3 is 1.05 bits per heavy atom. The molecule has 24 heteroatoms. The summed E-state index contributed by atoms with van der Waals surface area (Å²) in [5.41, 5.74) is 6.27. The van der Waals surface area contributed by atoms with Gasteiger partial charge in [0.25, 0.3) is 0 Å². The van der Waals surface area contributed by atoms with Crippen molar-refractivity contribution in [2.45, 2.75) is 304 Å². The Kier molecular flexibility index (Phi) is 157. The first-order valence-corrected chi connectivity index (χ1v) is 52.9. The van der Waals surface area contributed by atoms with Gasteiger partial charge < -0.3 is 13.3 Å². The van der Waals surface area contributed by atoms with Crippen molar-refractivity contribution in [1.29, 1.82) is 0 Å². The normalized spacial score (nSPS) is 8.42. The van der Waals surface area contributed by atoms with Crippen molar-refractivity contribution >= 4 is 85.6 Å². The van der Waals surface area contributed by atoms with E-state index in [1.807, 2.05) is 320 Å². The van der Waals surface area contributed by atoms with Gasteiger partial charge in [0.15, 0.2) is 12.3 Å². The maximum Gasteiger partial charge on any atom is 0.190 e. The molecule has 13 aromatic heterocycles. The molecule has 14 rings (SSSR count). The van der Waals surface area contributed by atoms with E-state index in [2.05, 4.69) is 175 Å². The van der Waals surface area contributed by atoms with E-state index in [0.29, 0.717) is 43.5 Å². The Labute approximate surface area is 755 Å². The Bertz CT molecular complexity index is 2940. The van der Waals surface area contributed by atoms with Gasteiger partial charge in [0.05, 0.1) is 37.2 Å². The van der Waals surface area contributed by atoms with Crippen molar-refractivity contribution < 1.29 is 13.3 Å². The molecule has 1 aliphatic rings. The second-order valence-electron chi connectivity index (χ2n) is 18.4. The number of hydrogen-bond donors (Lipinski definition) is 0. The molecule has 1 aliphatic heterocycles. The summed E-state index contributed by atoms with van der Waals surface area (Å²) in [6, 6.07) is 21.7. The molecular formula is C94H168N14O3S3Se3Si. The topological polar surface area (TPSA) is 220 Å².